The molecule has 4 nitrogen and oxygen atoms in total. The standard InChI is InChI=1S/C15H10FN3O/c1-20-13-5-3-2-4-11(13)15-12(8-17)19-9-10(16)6-7-14(19)18-15/h2-7,9H,1H3. The molecular formula is C15H10FN3O. The van der Waals surface area contributed by atoms with Crippen LogP contribution in [0.1, 0.15) is 5.69 Å². The lowest BCUT2D eigenvalue weighted by Crippen LogP contribution is -1.92. The van der Waals surface area contributed by atoms with Crippen LogP contribution in [0.5, 0.6) is 5.75 Å². The van der Waals surface area contributed by atoms with Gasteiger partial charge in [0.05, 0.1) is 7.11 Å². The maximum Gasteiger partial charge on any atom is 0.152 e. The van der Waals surface area contributed by atoms with Crippen molar-refractivity contribution in [2.75, 3.05) is 7.11 Å². The largest absolute Gasteiger partial charge is 0.496 e. The van der Waals surface area contributed by atoms with Gasteiger partial charge in [0, 0.05) is 11.8 Å². The quantitative estimate of drug-likeness (QED) is 0.717. The lowest BCUT2D eigenvalue weighted by Gasteiger charge is -2.05. The smallest absolute Gasteiger partial charge is 0.152 e. The van der Waals surface area contributed by atoms with E-state index in [-0.39, 0.29) is 5.69 Å². The number of benzene rings is 1. The zero-order valence-corrected chi connectivity index (χ0v) is 10.7. The third-order valence-electron chi connectivity index (χ3n) is 3.05. The van der Waals surface area contributed by atoms with Crippen LogP contribution in [0.25, 0.3) is 16.9 Å². The van der Waals surface area contributed by atoms with Crippen LogP contribution in [0.2, 0.25) is 0 Å². The Kier molecular flexibility index (Phi) is 2.84. The summed E-state index contributed by atoms with van der Waals surface area (Å²) in [6.07, 6.45) is 1.25. The summed E-state index contributed by atoms with van der Waals surface area (Å²) in [5.41, 5.74) is 1.99. The average Bonchev–Trinajstić information content (AvgIpc) is 2.84. The molecule has 5 heteroatoms. The number of fused-ring (bicyclic) bond motifs is 1. The van der Waals surface area contributed by atoms with Crippen molar-refractivity contribution in [3.8, 4) is 23.1 Å². The zero-order chi connectivity index (χ0) is 14.1. The fourth-order valence-electron chi connectivity index (χ4n) is 2.15. The van der Waals surface area contributed by atoms with Crippen molar-refractivity contribution in [1.29, 1.82) is 5.26 Å². The van der Waals surface area contributed by atoms with Crippen molar-refractivity contribution < 1.29 is 9.13 Å². The number of methoxy groups -OCH3 is 1. The Morgan fingerprint density at radius 2 is 2.05 bits per heavy atom. The molecule has 0 fully saturated rings. The average molecular weight is 267 g/mol. The molecule has 0 aliphatic rings. The van der Waals surface area contributed by atoms with Crippen molar-refractivity contribution in [1.82, 2.24) is 9.38 Å². The first-order chi connectivity index (χ1) is 9.74. The summed E-state index contributed by atoms with van der Waals surface area (Å²) in [6, 6.07) is 12.2. The number of pyridine rings is 1. The topological polar surface area (TPSA) is 50.3 Å². The zero-order valence-electron chi connectivity index (χ0n) is 10.7. The first kappa shape index (κ1) is 12.2. The molecule has 0 amide bonds. The molecule has 0 saturated heterocycles. The van der Waals surface area contributed by atoms with E-state index in [1.807, 2.05) is 18.2 Å². The minimum atomic E-state index is -0.419. The summed E-state index contributed by atoms with van der Waals surface area (Å²) < 4.78 is 20.1. The Morgan fingerprint density at radius 1 is 1.25 bits per heavy atom. The highest BCUT2D eigenvalue weighted by molar-refractivity contribution is 5.74. The van der Waals surface area contributed by atoms with Gasteiger partial charge < -0.3 is 4.74 Å². The van der Waals surface area contributed by atoms with Gasteiger partial charge in [-0.05, 0) is 24.3 Å². The van der Waals surface area contributed by atoms with Crippen LogP contribution in [0, 0.1) is 17.1 Å². The number of hydrogen-bond donors (Lipinski definition) is 0. The Hall–Kier alpha value is -2.87. The molecule has 0 bridgehead atoms. The maximum absolute atomic E-state index is 13.3. The van der Waals surface area contributed by atoms with Gasteiger partial charge in [-0.2, -0.15) is 5.26 Å². The molecule has 0 N–H and O–H groups in total. The van der Waals surface area contributed by atoms with Crippen LogP contribution in [0.3, 0.4) is 0 Å². The van der Waals surface area contributed by atoms with E-state index >= 15 is 0 Å². The number of halogens is 1. The van der Waals surface area contributed by atoms with E-state index in [0.717, 1.165) is 0 Å². The fourth-order valence-corrected chi connectivity index (χ4v) is 2.15. The summed E-state index contributed by atoms with van der Waals surface area (Å²) in [4.78, 5) is 4.40. The van der Waals surface area contributed by atoms with Crippen LogP contribution < -0.4 is 4.74 Å². The third kappa shape index (κ3) is 1.79. The first-order valence-corrected chi connectivity index (χ1v) is 5.95. The Morgan fingerprint density at radius 3 is 2.80 bits per heavy atom. The van der Waals surface area contributed by atoms with E-state index in [2.05, 4.69) is 11.1 Å². The molecule has 0 radical (unpaired) electrons. The van der Waals surface area contributed by atoms with Gasteiger partial charge >= 0.3 is 0 Å². The second-order valence-corrected chi connectivity index (χ2v) is 4.20. The van der Waals surface area contributed by atoms with Crippen molar-refractivity contribution in [3.63, 3.8) is 0 Å². The number of aromatic nitrogens is 2. The Labute approximate surface area is 114 Å². The number of para-hydroxylation sites is 1. The molecule has 3 aromatic rings. The lowest BCUT2D eigenvalue weighted by molar-refractivity contribution is 0.416. The fraction of sp³-hybridized carbons (Fsp3) is 0.0667. The SMILES string of the molecule is COc1ccccc1-c1nc2ccc(F)cn2c1C#N. The van der Waals surface area contributed by atoms with E-state index in [9.17, 15) is 9.65 Å². The van der Waals surface area contributed by atoms with Crippen LogP contribution in [0.15, 0.2) is 42.6 Å². The van der Waals surface area contributed by atoms with Crippen molar-refractivity contribution in [2.45, 2.75) is 0 Å². The van der Waals surface area contributed by atoms with Gasteiger partial charge in [0.15, 0.2) is 5.69 Å². The molecule has 2 heterocycles. The molecule has 0 aliphatic heterocycles. The van der Waals surface area contributed by atoms with Gasteiger partial charge in [-0.3, -0.25) is 4.40 Å². The van der Waals surface area contributed by atoms with E-state index < -0.39 is 5.82 Å². The molecule has 3 rings (SSSR count). The second kappa shape index (κ2) is 4.67. The van der Waals surface area contributed by atoms with Crippen molar-refractivity contribution in [2.24, 2.45) is 0 Å². The van der Waals surface area contributed by atoms with Gasteiger partial charge in [0.25, 0.3) is 0 Å². The first-order valence-electron chi connectivity index (χ1n) is 5.95. The summed E-state index contributed by atoms with van der Waals surface area (Å²) in [7, 11) is 1.56. The highest BCUT2D eigenvalue weighted by atomic mass is 19.1. The molecule has 0 aliphatic carbocycles. The molecule has 20 heavy (non-hydrogen) atoms. The van der Waals surface area contributed by atoms with Crippen LogP contribution >= 0.6 is 0 Å². The summed E-state index contributed by atoms with van der Waals surface area (Å²) in [6.45, 7) is 0. The number of imidazole rings is 1. The number of rotatable bonds is 2. The molecule has 0 saturated carbocycles. The van der Waals surface area contributed by atoms with Gasteiger partial charge in [-0.25, -0.2) is 9.37 Å². The Balaban J connectivity index is 2.34. The highest BCUT2D eigenvalue weighted by Gasteiger charge is 2.17. The molecule has 0 atom stereocenters. The molecule has 0 unspecified atom stereocenters. The third-order valence-corrected chi connectivity index (χ3v) is 3.05. The lowest BCUT2D eigenvalue weighted by atomic mass is 10.1. The van der Waals surface area contributed by atoms with Gasteiger partial charge in [0.2, 0.25) is 0 Å². The monoisotopic (exact) mass is 267 g/mol. The van der Waals surface area contributed by atoms with Crippen molar-refractivity contribution in [3.05, 3.63) is 54.1 Å². The van der Waals surface area contributed by atoms with E-state index in [4.69, 9.17) is 4.74 Å². The molecule has 2 aromatic heterocycles. The minimum absolute atomic E-state index is 0.281. The number of ether oxygens (including phenoxy) is 1. The summed E-state index contributed by atoms with van der Waals surface area (Å²) >= 11 is 0. The molecule has 98 valence electrons. The van der Waals surface area contributed by atoms with E-state index in [1.54, 1.807) is 13.2 Å². The molecule has 0 spiro atoms. The van der Waals surface area contributed by atoms with Crippen LogP contribution in [-0.4, -0.2) is 16.5 Å². The van der Waals surface area contributed by atoms with E-state index in [1.165, 1.54) is 22.7 Å². The second-order valence-electron chi connectivity index (χ2n) is 4.20. The molecular weight excluding hydrogens is 257 g/mol. The van der Waals surface area contributed by atoms with Crippen molar-refractivity contribution >= 4 is 5.65 Å². The van der Waals surface area contributed by atoms with Gasteiger partial charge in [0.1, 0.15) is 29.0 Å². The predicted octanol–water partition coefficient (Wildman–Crippen LogP) is 3.02. The van der Waals surface area contributed by atoms with Crippen LogP contribution in [-0.2, 0) is 0 Å². The normalized spacial score (nSPS) is 10.4. The van der Waals surface area contributed by atoms with Gasteiger partial charge in [-0.1, -0.05) is 12.1 Å². The maximum atomic E-state index is 13.3. The molecule has 1 aromatic carbocycles. The minimum Gasteiger partial charge on any atom is -0.496 e. The van der Waals surface area contributed by atoms with E-state index in [0.29, 0.717) is 22.7 Å². The number of nitriles is 1. The highest BCUT2D eigenvalue weighted by Crippen LogP contribution is 2.31. The van der Waals surface area contributed by atoms with Gasteiger partial charge in [-0.15, -0.1) is 0 Å². The predicted molar refractivity (Wildman–Crippen MR) is 71.9 cm³/mol. The van der Waals surface area contributed by atoms with Crippen LogP contribution in [0.4, 0.5) is 4.39 Å². The summed E-state index contributed by atoms with van der Waals surface area (Å²) in [5, 5.41) is 9.35. The number of nitrogens with zero attached hydrogens (tertiary/aromatic N) is 3. The summed E-state index contributed by atoms with van der Waals surface area (Å²) in [5.74, 6) is 0.200. The number of hydrogen-bond acceptors (Lipinski definition) is 3. The Bertz CT molecular complexity index is 833.